The van der Waals surface area contributed by atoms with Gasteiger partial charge in [0.1, 0.15) is 22.1 Å². The van der Waals surface area contributed by atoms with Crippen LogP contribution in [0.25, 0.3) is 11.0 Å². The fourth-order valence-corrected chi connectivity index (χ4v) is 3.00. The van der Waals surface area contributed by atoms with E-state index in [-0.39, 0.29) is 32.7 Å². The second kappa shape index (κ2) is 7.48. The molecule has 136 valence electrons. The van der Waals surface area contributed by atoms with Gasteiger partial charge in [0.05, 0.1) is 18.8 Å². The SMILES string of the molecule is CCOc1ccc(C(=O)c2coc3c(Cl)c(Cl)c(O)cc23)cc1OCC. The molecule has 0 spiro atoms. The Balaban J connectivity index is 2.07. The quantitative estimate of drug-likeness (QED) is 0.561. The Bertz CT molecular complexity index is 978. The lowest BCUT2D eigenvalue weighted by molar-refractivity contribution is 0.103. The zero-order chi connectivity index (χ0) is 18.8. The summed E-state index contributed by atoms with van der Waals surface area (Å²) < 4.78 is 16.5. The fourth-order valence-electron chi connectivity index (χ4n) is 2.62. The Hall–Kier alpha value is -2.37. The predicted octanol–water partition coefficient (Wildman–Crippen LogP) is 5.47. The minimum absolute atomic E-state index is 0.0211. The van der Waals surface area contributed by atoms with Crippen molar-refractivity contribution in [1.29, 1.82) is 0 Å². The molecular weight excluding hydrogens is 379 g/mol. The van der Waals surface area contributed by atoms with Gasteiger partial charge in [0.25, 0.3) is 0 Å². The van der Waals surface area contributed by atoms with Crippen molar-refractivity contribution >= 4 is 40.0 Å². The number of hydrogen-bond donors (Lipinski definition) is 1. The van der Waals surface area contributed by atoms with E-state index in [0.29, 0.717) is 35.7 Å². The van der Waals surface area contributed by atoms with Crippen LogP contribution in [-0.2, 0) is 0 Å². The fraction of sp³-hybridized carbons (Fsp3) is 0.211. The van der Waals surface area contributed by atoms with Crippen LogP contribution in [0.4, 0.5) is 0 Å². The first-order chi connectivity index (χ1) is 12.5. The molecule has 0 aliphatic heterocycles. The standard InChI is InChI=1S/C19H16Cl2O5/c1-3-24-14-6-5-10(7-15(14)25-4-2)18(23)12-9-26-19-11(12)8-13(22)16(20)17(19)21/h5-9,22H,3-4H2,1-2H3. The summed E-state index contributed by atoms with van der Waals surface area (Å²) in [6.45, 7) is 4.64. The van der Waals surface area contributed by atoms with Crippen LogP contribution >= 0.6 is 23.2 Å². The largest absolute Gasteiger partial charge is 0.506 e. The maximum atomic E-state index is 12.9. The molecule has 5 nitrogen and oxygen atoms in total. The van der Waals surface area contributed by atoms with Crippen molar-refractivity contribution in [2.45, 2.75) is 13.8 Å². The number of furan rings is 1. The lowest BCUT2D eigenvalue weighted by Crippen LogP contribution is -2.04. The molecule has 0 saturated heterocycles. The molecular formula is C19H16Cl2O5. The smallest absolute Gasteiger partial charge is 0.197 e. The number of phenols is 1. The zero-order valence-electron chi connectivity index (χ0n) is 14.1. The van der Waals surface area contributed by atoms with Gasteiger partial charge in [-0.25, -0.2) is 0 Å². The first kappa shape index (κ1) is 18.4. The Morgan fingerprint density at radius 2 is 1.77 bits per heavy atom. The maximum absolute atomic E-state index is 12.9. The van der Waals surface area contributed by atoms with Gasteiger partial charge in [-0.1, -0.05) is 23.2 Å². The molecule has 26 heavy (non-hydrogen) atoms. The van der Waals surface area contributed by atoms with Crippen LogP contribution in [0.2, 0.25) is 10.0 Å². The number of fused-ring (bicyclic) bond motifs is 1. The number of ketones is 1. The Morgan fingerprint density at radius 1 is 1.08 bits per heavy atom. The van der Waals surface area contributed by atoms with Gasteiger partial charge in [-0.3, -0.25) is 4.79 Å². The van der Waals surface area contributed by atoms with Crippen molar-refractivity contribution in [2.24, 2.45) is 0 Å². The first-order valence-corrected chi connectivity index (χ1v) is 8.76. The summed E-state index contributed by atoms with van der Waals surface area (Å²) in [5, 5.41) is 10.3. The minimum Gasteiger partial charge on any atom is -0.506 e. The van der Waals surface area contributed by atoms with Gasteiger partial charge in [0.2, 0.25) is 0 Å². The third kappa shape index (κ3) is 3.20. The Labute approximate surface area is 160 Å². The van der Waals surface area contributed by atoms with E-state index in [2.05, 4.69) is 0 Å². The Morgan fingerprint density at radius 3 is 2.46 bits per heavy atom. The van der Waals surface area contributed by atoms with Crippen LogP contribution in [0, 0.1) is 0 Å². The number of ether oxygens (including phenoxy) is 2. The molecule has 3 rings (SSSR count). The monoisotopic (exact) mass is 394 g/mol. The molecule has 0 saturated carbocycles. The molecule has 0 amide bonds. The summed E-state index contributed by atoms with van der Waals surface area (Å²) in [5.41, 5.74) is 0.902. The van der Waals surface area contributed by atoms with Gasteiger partial charge >= 0.3 is 0 Å². The minimum atomic E-state index is -0.300. The van der Waals surface area contributed by atoms with Gasteiger partial charge in [0.15, 0.2) is 22.9 Å². The highest BCUT2D eigenvalue weighted by molar-refractivity contribution is 6.46. The van der Waals surface area contributed by atoms with Crippen molar-refractivity contribution in [3.05, 3.63) is 51.7 Å². The van der Waals surface area contributed by atoms with E-state index >= 15 is 0 Å². The lowest BCUT2D eigenvalue weighted by Gasteiger charge is -2.12. The first-order valence-electron chi connectivity index (χ1n) is 8.00. The number of aromatic hydroxyl groups is 1. The van der Waals surface area contributed by atoms with Crippen LogP contribution in [-0.4, -0.2) is 24.1 Å². The molecule has 3 aromatic rings. The van der Waals surface area contributed by atoms with Crippen LogP contribution in [0.5, 0.6) is 17.2 Å². The van der Waals surface area contributed by atoms with Gasteiger partial charge in [-0.15, -0.1) is 0 Å². The van der Waals surface area contributed by atoms with E-state index in [1.54, 1.807) is 18.2 Å². The summed E-state index contributed by atoms with van der Waals surface area (Å²) in [4.78, 5) is 12.9. The molecule has 1 heterocycles. The number of rotatable bonds is 6. The van der Waals surface area contributed by atoms with Gasteiger partial charge in [-0.05, 0) is 38.1 Å². The molecule has 1 N–H and O–H groups in total. The van der Waals surface area contributed by atoms with Gasteiger partial charge in [-0.2, -0.15) is 0 Å². The second-order valence-corrected chi connectivity index (χ2v) is 6.16. The average molecular weight is 395 g/mol. The predicted molar refractivity (Wildman–Crippen MR) is 100 cm³/mol. The molecule has 0 fully saturated rings. The number of benzene rings is 2. The summed E-state index contributed by atoms with van der Waals surface area (Å²) in [5.74, 6) is 0.527. The van der Waals surface area contributed by atoms with Crippen molar-refractivity contribution < 1.29 is 23.8 Å². The van der Waals surface area contributed by atoms with Crippen molar-refractivity contribution in [2.75, 3.05) is 13.2 Å². The highest BCUT2D eigenvalue weighted by atomic mass is 35.5. The molecule has 7 heteroatoms. The normalized spacial score (nSPS) is 10.9. The molecule has 0 aliphatic rings. The molecule has 0 bridgehead atoms. The van der Waals surface area contributed by atoms with Gasteiger partial charge in [0, 0.05) is 10.9 Å². The number of phenolic OH excluding ortho intramolecular Hbond substituents is 1. The van der Waals surface area contributed by atoms with E-state index < -0.39 is 0 Å². The Kier molecular flexibility index (Phi) is 5.30. The van der Waals surface area contributed by atoms with Gasteiger partial charge < -0.3 is 19.0 Å². The second-order valence-electron chi connectivity index (χ2n) is 5.41. The summed E-state index contributed by atoms with van der Waals surface area (Å²) in [7, 11) is 0. The van der Waals surface area contributed by atoms with Crippen molar-refractivity contribution in [1.82, 2.24) is 0 Å². The molecule has 1 aromatic heterocycles. The van der Waals surface area contributed by atoms with E-state index in [9.17, 15) is 9.90 Å². The van der Waals surface area contributed by atoms with Crippen LogP contribution < -0.4 is 9.47 Å². The topological polar surface area (TPSA) is 68.9 Å². The third-order valence-corrected chi connectivity index (χ3v) is 4.62. The molecule has 0 atom stereocenters. The number of hydrogen-bond acceptors (Lipinski definition) is 5. The molecule has 2 aromatic carbocycles. The summed E-state index contributed by atoms with van der Waals surface area (Å²) in [6.07, 6.45) is 1.30. The molecule has 0 radical (unpaired) electrons. The lowest BCUT2D eigenvalue weighted by atomic mass is 10.0. The third-order valence-electron chi connectivity index (χ3n) is 3.78. The van der Waals surface area contributed by atoms with E-state index in [1.165, 1.54) is 12.3 Å². The summed E-state index contributed by atoms with van der Waals surface area (Å²) in [6, 6.07) is 6.31. The highest BCUT2D eigenvalue weighted by Crippen LogP contribution is 2.40. The van der Waals surface area contributed by atoms with Crippen LogP contribution in [0.3, 0.4) is 0 Å². The van der Waals surface area contributed by atoms with E-state index in [4.69, 9.17) is 37.1 Å². The molecule has 0 aliphatic carbocycles. The average Bonchev–Trinajstić information content (AvgIpc) is 3.04. The van der Waals surface area contributed by atoms with E-state index in [0.717, 1.165) is 0 Å². The van der Waals surface area contributed by atoms with Crippen LogP contribution in [0.15, 0.2) is 34.9 Å². The number of carbonyl (C=O) groups is 1. The van der Waals surface area contributed by atoms with E-state index in [1.807, 2.05) is 13.8 Å². The van der Waals surface area contributed by atoms with Crippen LogP contribution in [0.1, 0.15) is 29.8 Å². The number of carbonyl (C=O) groups excluding carboxylic acids is 1. The number of halogens is 2. The zero-order valence-corrected chi connectivity index (χ0v) is 15.6. The molecule has 0 unspecified atom stereocenters. The van der Waals surface area contributed by atoms with Crippen molar-refractivity contribution in [3.8, 4) is 17.2 Å². The highest BCUT2D eigenvalue weighted by Gasteiger charge is 2.21. The summed E-state index contributed by atoms with van der Waals surface area (Å²) >= 11 is 12.0. The maximum Gasteiger partial charge on any atom is 0.197 e. The van der Waals surface area contributed by atoms with Crippen molar-refractivity contribution in [3.63, 3.8) is 0 Å².